The zero-order chi connectivity index (χ0) is 9.42. The molecule has 3 nitrogen and oxygen atoms in total. The van der Waals surface area contributed by atoms with Gasteiger partial charge in [-0.2, -0.15) is 4.39 Å². The van der Waals surface area contributed by atoms with E-state index in [2.05, 4.69) is 10.2 Å². The van der Waals surface area contributed by atoms with Gasteiger partial charge in [0.15, 0.2) is 5.82 Å². The van der Waals surface area contributed by atoms with Crippen molar-refractivity contribution in [3.05, 3.63) is 30.0 Å². The molecule has 0 aliphatic carbocycles. The van der Waals surface area contributed by atoms with E-state index >= 15 is 0 Å². The number of anilines is 1. The first kappa shape index (κ1) is 7.85. The van der Waals surface area contributed by atoms with Gasteiger partial charge >= 0.3 is 0 Å². The summed E-state index contributed by atoms with van der Waals surface area (Å²) in [6.45, 7) is 0. The van der Waals surface area contributed by atoms with Gasteiger partial charge in [0.1, 0.15) is 5.82 Å². The van der Waals surface area contributed by atoms with Crippen molar-refractivity contribution in [2.24, 2.45) is 0 Å². The van der Waals surface area contributed by atoms with Crippen LogP contribution in [0.4, 0.5) is 14.6 Å². The number of benzene rings is 1. The molecule has 0 unspecified atom stereocenters. The molecule has 0 atom stereocenters. The van der Waals surface area contributed by atoms with Crippen molar-refractivity contribution >= 4 is 16.6 Å². The summed E-state index contributed by atoms with van der Waals surface area (Å²) < 4.78 is 25.7. The van der Waals surface area contributed by atoms with Crippen LogP contribution in [-0.2, 0) is 0 Å². The molecule has 13 heavy (non-hydrogen) atoms. The van der Waals surface area contributed by atoms with E-state index < -0.39 is 11.8 Å². The minimum atomic E-state index is -0.746. The lowest BCUT2D eigenvalue weighted by Gasteiger charge is -2.00. The Bertz CT molecular complexity index is 470. The van der Waals surface area contributed by atoms with Crippen molar-refractivity contribution < 1.29 is 8.78 Å². The molecule has 1 aromatic heterocycles. The van der Waals surface area contributed by atoms with Crippen LogP contribution < -0.4 is 5.73 Å². The van der Waals surface area contributed by atoms with Gasteiger partial charge in [0.2, 0.25) is 5.95 Å². The number of hydrogen-bond acceptors (Lipinski definition) is 3. The first-order valence-corrected chi connectivity index (χ1v) is 3.55. The molecule has 1 heterocycles. The third kappa shape index (κ3) is 1.18. The smallest absolute Gasteiger partial charge is 0.241 e. The van der Waals surface area contributed by atoms with E-state index in [0.29, 0.717) is 0 Å². The van der Waals surface area contributed by atoms with Crippen molar-refractivity contribution in [3.8, 4) is 0 Å². The lowest BCUT2D eigenvalue weighted by Crippen LogP contribution is -1.98. The molecular weight excluding hydrogens is 176 g/mol. The summed E-state index contributed by atoms with van der Waals surface area (Å²) in [7, 11) is 0. The van der Waals surface area contributed by atoms with E-state index in [1.54, 1.807) is 0 Å². The van der Waals surface area contributed by atoms with Gasteiger partial charge in [0.05, 0.1) is 0 Å². The van der Waals surface area contributed by atoms with Crippen LogP contribution in [-0.4, -0.2) is 10.2 Å². The summed E-state index contributed by atoms with van der Waals surface area (Å²) >= 11 is 0. The molecule has 0 saturated carbocycles. The Morgan fingerprint density at radius 2 is 1.85 bits per heavy atom. The van der Waals surface area contributed by atoms with Crippen LogP contribution in [0, 0.1) is 11.8 Å². The van der Waals surface area contributed by atoms with Gasteiger partial charge < -0.3 is 5.73 Å². The Labute approximate surface area is 72.2 Å². The number of halogens is 2. The standard InChI is InChI=1S/C8H5F2N3/c9-4-1-2-5-6(3-4)8(11)13-12-7(5)10/h1-3H,(H2,11,13). The van der Waals surface area contributed by atoms with Gasteiger partial charge in [-0.3, -0.25) is 0 Å². The average molecular weight is 181 g/mol. The zero-order valence-electron chi connectivity index (χ0n) is 6.46. The molecule has 1 aromatic carbocycles. The Morgan fingerprint density at radius 1 is 1.08 bits per heavy atom. The number of fused-ring (bicyclic) bond motifs is 1. The van der Waals surface area contributed by atoms with Crippen molar-refractivity contribution in [2.45, 2.75) is 0 Å². The SMILES string of the molecule is Nc1nnc(F)c2ccc(F)cc12. The maximum absolute atomic E-state index is 12.9. The first-order chi connectivity index (χ1) is 6.18. The summed E-state index contributed by atoms with van der Waals surface area (Å²) in [6, 6.07) is 3.56. The van der Waals surface area contributed by atoms with Gasteiger partial charge in [-0.05, 0) is 18.2 Å². The van der Waals surface area contributed by atoms with Crippen LogP contribution >= 0.6 is 0 Å². The second kappa shape index (κ2) is 2.62. The normalized spacial score (nSPS) is 10.6. The van der Waals surface area contributed by atoms with Crippen LogP contribution in [0.3, 0.4) is 0 Å². The third-order valence-corrected chi connectivity index (χ3v) is 1.73. The summed E-state index contributed by atoms with van der Waals surface area (Å²) in [4.78, 5) is 0. The molecule has 0 aliphatic rings. The highest BCUT2D eigenvalue weighted by atomic mass is 19.1. The number of rotatable bonds is 0. The molecule has 66 valence electrons. The monoisotopic (exact) mass is 181 g/mol. The lowest BCUT2D eigenvalue weighted by molar-refractivity contribution is 0.577. The van der Waals surface area contributed by atoms with E-state index in [9.17, 15) is 8.78 Å². The average Bonchev–Trinajstić information content (AvgIpc) is 2.12. The minimum absolute atomic E-state index is 0.0240. The molecule has 0 bridgehead atoms. The summed E-state index contributed by atoms with van der Waals surface area (Å²) in [5.41, 5.74) is 5.39. The molecule has 0 fully saturated rings. The van der Waals surface area contributed by atoms with Gasteiger partial charge in [-0.25, -0.2) is 4.39 Å². The Balaban J connectivity index is 2.92. The van der Waals surface area contributed by atoms with Crippen LogP contribution in [0.25, 0.3) is 10.8 Å². The Kier molecular flexibility index (Phi) is 1.58. The Morgan fingerprint density at radius 3 is 2.62 bits per heavy atom. The molecule has 2 aromatic rings. The minimum Gasteiger partial charge on any atom is -0.382 e. The van der Waals surface area contributed by atoms with Gasteiger partial charge in [0.25, 0.3) is 0 Å². The van der Waals surface area contributed by atoms with Crippen LogP contribution in [0.2, 0.25) is 0 Å². The topological polar surface area (TPSA) is 51.8 Å². The maximum Gasteiger partial charge on any atom is 0.241 e. The lowest BCUT2D eigenvalue weighted by atomic mass is 10.2. The van der Waals surface area contributed by atoms with Gasteiger partial charge in [0, 0.05) is 10.8 Å². The highest BCUT2D eigenvalue weighted by molar-refractivity contribution is 5.90. The van der Waals surface area contributed by atoms with Crippen LogP contribution in [0.1, 0.15) is 0 Å². The fourth-order valence-corrected chi connectivity index (χ4v) is 1.11. The molecule has 2 rings (SSSR count). The van der Waals surface area contributed by atoms with Gasteiger partial charge in [-0.15, -0.1) is 10.2 Å². The number of nitrogens with two attached hydrogens (primary N) is 1. The molecule has 0 spiro atoms. The van der Waals surface area contributed by atoms with E-state index in [1.807, 2.05) is 0 Å². The first-order valence-electron chi connectivity index (χ1n) is 3.55. The summed E-state index contributed by atoms with van der Waals surface area (Å²) in [5, 5.41) is 6.92. The van der Waals surface area contributed by atoms with Crippen LogP contribution in [0.5, 0.6) is 0 Å². The van der Waals surface area contributed by atoms with Crippen molar-refractivity contribution in [1.82, 2.24) is 10.2 Å². The van der Waals surface area contributed by atoms with Crippen molar-refractivity contribution in [3.63, 3.8) is 0 Å². The van der Waals surface area contributed by atoms with E-state index in [4.69, 9.17) is 5.73 Å². The fraction of sp³-hybridized carbons (Fsp3) is 0. The molecule has 0 radical (unpaired) electrons. The third-order valence-electron chi connectivity index (χ3n) is 1.73. The maximum atomic E-state index is 12.9. The molecule has 2 N–H and O–H groups in total. The summed E-state index contributed by atoms with van der Waals surface area (Å²) in [6.07, 6.45) is 0. The number of aromatic nitrogens is 2. The predicted molar refractivity (Wildman–Crippen MR) is 43.9 cm³/mol. The predicted octanol–water partition coefficient (Wildman–Crippen LogP) is 1.49. The molecule has 0 amide bonds. The Hall–Kier alpha value is -1.78. The van der Waals surface area contributed by atoms with Crippen molar-refractivity contribution in [1.29, 1.82) is 0 Å². The number of nitrogen functional groups attached to an aromatic ring is 1. The molecular formula is C8H5F2N3. The van der Waals surface area contributed by atoms with Crippen LogP contribution in [0.15, 0.2) is 18.2 Å². The van der Waals surface area contributed by atoms with E-state index in [1.165, 1.54) is 6.07 Å². The highest BCUT2D eigenvalue weighted by Crippen LogP contribution is 2.20. The fourth-order valence-electron chi connectivity index (χ4n) is 1.11. The number of hydrogen-bond donors (Lipinski definition) is 1. The molecule has 5 heteroatoms. The van der Waals surface area contributed by atoms with Gasteiger partial charge in [-0.1, -0.05) is 0 Å². The second-order valence-electron chi connectivity index (χ2n) is 2.57. The molecule has 0 aliphatic heterocycles. The zero-order valence-corrected chi connectivity index (χ0v) is 6.46. The second-order valence-corrected chi connectivity index (χ2v) is 2.57. The van der Waals surface area contributed by atoms with E-state index in [-0.39, 0.29) is 16.6 Å². The van der Waals surface area contributed by atoms with Crippen molar-refractivity contribution in [2.75, 3.05) is 5.73 Å². The number of nitrogens with zero attached hydrogens (tertiary/aromatic N) is 2. The summed E-state index contributed by atoms with van der Waals surface area (Å²) in [5.74, 6) is -1.20. The largest absolute Gasteiger partial charge is 0.382 e. The quantitative estimate of drug-likeness (QED) is 0.669. The highest BCUT2D eigenvalue weighted by Gasteiger charge is 2.06. The van der Waals surface area contributed by atoms with E-state index in [0.717, 1.165) is 12.1 Å². The molecule has 0 saturated heterocycles.